The third-order valence-electron chi connectivity index (χ3n) is 5.14. The van der Waals surface area contributed by atoms with Crippen molar-refractivity contribution >= 4 is 11.6 Å². The Balaban J connectivity index is 1.52. The summed E-state index contributed by atoms with van der Waals surface area (Å²) in [7, 11) is 1.64. The molecule has 1 N–H and O–H groups in total. The summed E-state index contributed by atoms with van der Waals surface area (Å²) >= 11 is 0. The second-order valence-electron chi connectivity index (χ2n) is 6.57. The summed E-state index contributed by atoms with van der Waals surface area (Å²) in [5, 5.41) is 3.00. The van der Waals surface area contributed by atoms with E-state index in [-0.39, 0.29) is 11.9 Å². The molecule has 1 amide bonds. The minimum absolute atomic E-state index is 0.0669. The predicted molar refractivity (Wildman–Crippen MR) is 91.9 cm³/mol. The lowest BCUT2D eigenvalue weighted by atomic mass is 10.2. The molecule has 5 nitrogen and oxygen atoms in total. The Labute approximate surface area is 138 Å². The second kappa shape index (κ2) is 7.32. The Bertz CT molecular complexity index is 526. The number of hydrogen-bond acceptors (Lipinski definition) is 4. The molecule has 2 heterocycles. The van der Waals surface area contributed by atoms with Gasteiger partial charge in [-0.05, 0) is 63.5 Å². The molecule has 1 aromatic rings. The van der Waals surface area contributed by atoms with Crippen molar-refractivity contribution in [1.29, 1.82) is 0 Å². The highest BCUT2D eigenvalue weighted by Gasteiger charge is 2.33. The molecule has 2 atom stereocenters. The third kappa shape index (κ3) is 3.85. The van der Waals surface area contributed by atoms with Gasteiger partial charge in [0.1, 0.15) is 5.75 Å². The Morgan fingerprint density at radius 2 is 1.91 bits per heavy atom. The van der Waals surface area contributed by atoms with Crippen LogP contribution in [0.5, 0.6) is 5.75 Å². The SMILES string of the molecule is COc1ccc(NC(=O)[C@@H](C)N2CC[C@H](N3CCCC3)C2)cc1. The van der Waals surface area contributed by atoms with E-state index in [1.807, 2.05) is 31.2 Å². The number of amides is 1. The van der Waals surface area contributed by atoms with Crippen LogP contribution in [0.3, 0.4) is 0 Å². The van der Waals surface area contributed by atoms with E-state index < -0.39 is 0 Å². The van der Waals surface area contributed by atoms with Gasteiger partial charge >= 0.3 is 0 Å². The normalized spacial score (nSPS) is 23.8. The summed E-state index contributed by atoms with van der Waals surface area (Å²) in [5.41, 5.74) is 0.818. The second-order valence-corrected chi connectivity index (χ2v) is 6.57. The zero-order valence-corrected chi connectivity index (χ0v) is 14.1. The van der Waals surface area contributed by atoms with Gasteiger partial charge in [0.2, 0.25) is 5.91 Å². The molecule has 0 saturated carbocycles. The molecule has 126 valence electrons. The number of benzene rings is 1. The molecular weight excluding hydrogens is 290 g/mol. The summed E-state index contributed by atoms with van der Waals surface area (Å²) in [6.45, 7) is 6.48. The fourth-order valence-corrected chi connectivity index (χ4v) is 3.61. The summed E-state index contributed by atoms with van der Waals surface area (Å²) in [6, 6.07) is 8.01. The first kappa shape index (κ1) is 16.3. The lowest BCUT2D eigenvalue weighted by Crippen LogP contribution is -2.43. The number of ether oxygens (including phenoxy) is 1. The molecule has 0 aliphatic carbocycles. The largest absolute Gasteiger partial charge is 0.497 e. The number of rotatable bonds is 5. The van der Waals surface area contributed by atoms with Gasteiger partial charge in [0.25, 0.3) is 0 Å². The Morgan fingerprint density at radius 3 is 2.57 bits per heavy atom. The number of anilines is 1. The van der Waals surface area contributed by atoms with Crippen molar-refractivity contribution in [1.82, 2.24) is 9.80 Å². The fourth-order valence-electron chi connectivity index (χ4n) is 3.61. The van der Waals surface area contributed by atoms with Crippen LogP contribution in [0.25, 0.3) is 0 Å². The zero-order valence-electron chi connectivity index (χ0n) is 14.1. The lowest BCUT2D eigenvalue weighted by Gasteiger charge is -2.26. The van der Waals surface area contributed by atoms with E-state index in [9.17, 15) is 4.79 Å². The number of nitrogens with zero attached hydrogens (tertiary/aromatic N) is 2. The zero-order chi connectivity index (χ0) is 16.2. The summed E-state index contributed by atoms with van der Waals surface area (Å²) in [5.74, 6) is 0.862. The van der Waals surface area contributed by atoms with Gasteiger partial charge in [-0.15, -0.1) is 0 Å². The molecule has 2 aliphatic rings. The molecule has 2 fully saturated rings. The number of nitrogens with one attached hydrogen (secondary N) is 1. The monoisotopic (exact) mass is 317 g/mol. The van der Waals surface area contributed by atoms with Crippen molar-refractivity contribution in [2.24, 2.45) is 0 Å². The van der Waals surface area contributed by atoms with Gasteiger partial charge in [-0.3, -0.25) is 14.6 Å². The van der Waals surface area contributed by atoms with E-state index in [1.54, 1.807) is 7.11 Å². The Morgan fingerprint density at radius 1 is 1.22 bits per heavy atom. The predicted octanol–water partition coefficient (Wildman–Crippen LogP) is 2.19. The molecule has 2 aliphatic heterocycles. The molecule has 0 radical (unpaired) electrons. The fraction of sp³-hybridized carbons (Fsp3) is 0.611. The number of carbonyl (C=O) groups is 1. The summed E-state index contributed by atoms with van der Waals surface area (Å²) in [6.07, 6.45) is 3.83. The topological polar surface area (TPSA) is 44.8 Å². The minimum Gasteiger partial charge on any atom is -0.497 e. The van der Waals surface area contributed by atoms with Gasteiger partial charge in [0, 0.05) is 24.8 Å². The quantitative estimate of drug-likeness (QED) is 0.904. The average molecular weight is 317 g/mol. The van der Waals surface area contributed by atoms with Crippen molar-refractivity contribution < 1.29 is 9.53 Å². The molecule has 5 heteroatoms. The van der Waals surface area contributed by atoms with Gasteiger partial charge in [0.05, 0.1) is 13.2 Å². The molecule has 0 unspecified atom stereocenters. The van der Waals surface area contributed by atoms with E-state index in [1.165, 1.54) is 32.4 Å². The van der Waals surface area contributed by atoms with Crippen LogP contribution in [0.4, 0.5) is 5.69 Å². The van der Waals surface area contributed by atoms with E-state index in [0.29, 0.717) is 6.04 Å². The molecule has 3 rings (SSSR count). The first-order valence-electron chi connectivity index (χ1n) is 8.60. The van der Waals surface area contributed by atoms with Gasteiger partial charge in [-0.2, -0.15) is 0 Å². The maximum Gasteiger partial charge on any atom is 0.241 e. The highest BCUT2D eigenvalue weighted by Crippen LogP contribution is 2.22. The van der Waals surface area contributed by atoms with E-state index in [0.717, 1.165) is 24.5 Å². The van der Waals surface area contributed by atoms with Crippen LogP contribution in [0, 0.1) is 0 Å². The van der Waals surface area contributed by atoms with E-state index in [2.05, 4.69) is 15.1 Å². The summed E-state index contributed by atoms with van der Waals surface area (Å²) in [4.78, 5) is 17.4. The third-order valence-corrected chi connectivity index (χ3v) is 5.14. The van der Waals surface area contributed by atoms with Crippen LogP contribution in [-0.2, 0) is 4.79 Å². The Hall–Kier alpha value is -1.59. The minimum atomic E-state index is -0.0929. The molecule has 23 heavy (non-hydrogen) atoms. The van der Waals surface area contributed by atoms with Crippen molar-refractivity contribution in [2.75, 3.05) is 38.6 Å². The first-order valence-corrected chi connectivity index (χ1v) is 8.60. The smallest absolute Gasteiger partial charge is 0.241 e. The number of methoxy groups -OCH3 is 1. The molecule has 0 spiro atoms. The van der Waals surface area contributed by atoms with Crippen LogP contribution in [0.15, 0.2) is 24.3 Å². The standard InChI is InChI=1S/C18H27N3O2/c1-14(18(22)19-15-5-7-17(23-2)8-6-15)21-12-9-16(13-21)20-10-3-4-11-20/h5-8,14,16H,3-4,9-13H2,1-2H3,(H,19,22)/t14-,16+/m1/s1. The number of hydrogen-bond donors (Lipinski definition) is 1. The highest BCUT2D eigenvalue weighted by atomic mass is 16.5. The van der Waals surface area contributed by atoms with Crippen LogP contribution >= 0.6 is 0 Å². The molecule has 1 aromatic carbocycles. The van der Waals surface area contributed by atoms with Crippen molar-refractivity contribution in [3.8, 4) is 5.75 Å². The Kier molecular flexibility index (Phi) is 5.18. The van der Waals surface area contributed by atoms with Crippen LogP contribution in [-0.4, -0.2) is 61.1 Å². The molecule has 0 bridgehead atoms. The van der Waals surface area contributed by atoms with Gasteiger partial charge in [-0.1, -0.05) is 0 Å². The van der Waals surface area contributed by atoms with Crippen LogP contribution in [0.1, 0.15) is 26.2 Å². The lowest BCUT2D eigenvalue weighted by molar-refractivity contribution is -0.120. The number of likely N-dealkylation sites (tertiary alicyclic amines) is 2. The number of carbonyl (C=O) groups excluding carboxylic acids is 1. The molecule has 0 aromatic heterocycles. The molecule has 2 saturated heterocycles. The first-order chi connectivity index (χ1) is 11.2. The maximum atomic E-state index is 12.5. The molecular formula is C18H27N3O2. The van der Waals surface area contributed by atoms with Gasteiger partial charge in [-0.25, -0.2) is 0 Å². The van der Waals surface area contributed by atoms with Gasteiger partial charge < -0.3 is 10.1 Å². The van der Waals surface area contributed by atoms with Crippen LogP contribution in [0.2, 0.25) is 0 Å². The van der Waals surface area contributed by atoms with Crippen LogP contribution < -0.4 is 10.1 Å². The van der Waals surface area contributed by atoms with E-state index >= 15 is 0 Å². The highest BCUT2D eigenvalue weighted by molar-refractivity contribution is 5.94. The average Bonchev–Trinajstić information content (AvgIpc) is 3.26. The van der Waals surface area contributed by atoms with Crippen molar-refractivity contribution in [3.05, 3.63) is 24.3 Å². The van der Waals surface area contributed by atoms with Gasteiger partial charge in [0.15, 0.2) is 0 Å². The van der Waals surface area contributed by atoms with E-state index in [4.69, 9.17) is 4.74 Å². The summed E-state index contributed by atoms with van der Waals surface area (Å²) < 4.78 is 5.14. The van der Waals surface area contributed by atoms with Crippen molar-refractivity contribution in [3.63, 3.8) is 0 Å². The van der Waals surface area contributed by atoms with Crippen molar-refractivity contribution in [2.45, 2.75) is 38.3 Å². The maximum absolute atomic E-state index is 12.5.